The summed E-state index contributed by atoms with van der Waals surface area (Å²) < 4.78 is 5.48. The minimum atomic E-state index is -0.266. The lowest BCUT2D eigenvalue weighted by Crippen LogP contribution is -2.51. The molecule has 1 aromatic rings. The fourth-order valence-electron chi connectivity index (χ4n) is 4.09. The first-order valence-electron chi connectivity index (χ1n) is 9.88. The second kappa shape index (κ2) is 9.05. The van der Waals surface area contributed by atoms with Crippen LogP contribution in [0.15, 0.2) is 24.3 Å². The molecule has 140 valence electrons. The number of ether oxygens (including phenoxy) is 1. The SMILES string of the molecule is CCOc1ccc(C(C#N)N2CCN(C(=O)C3CCCCC3)CC2)cc1. The molecule has 1 amide bonds. The van der Waals surface area contributed by atoms with Crippen LogP contribution in [0, 0.1) is 17.2 Å². The summed E-state index contributed by atoms with van der Waals surface area (Å²) in [4.78, 5) is 16.9. The van der Waals surface area contributed by atoms with Gasteiger partial charge in [0.25, 0.3) is 0 Å². The van der Waals surface area contributed by atoms with Gasteiger partial charge in [-0.15, -0.1) is 0 Å². The molecular weight excluding hydrogens is 326 g/mol. The summed E-state index contributed by atoms with van der Waals surface area (Å²) in [5.41, 5.74) is 0.989. The van der Waals surface area contributed by atoms with Crippen molar-refractivity contribution in [3.05, 3.63) is 29.8 Å². The molecule has 0 radical (unpaired) electrons. The Kier molecular flexibility index (Phi) is 6.51. The lowest BCUT2D eigenvalue weighted by atomic mass is 9.88. The Morgan fingerprint density at radius 2 is 1.81 bits per heavy atom. The first-order valence-corrected chi connectivity index (χ1v) is 9.88. The van der Waals surface area contributed by atoms with Gasteiger partial charge in [-0.2, -0.15) is 5.26 Å². The quantitative estimate of drug-likeness (QED) is 0.812. The topological polar surface area (TPSA) is 56.6 Å². The molecule has 1 unspecified atom stereocenters. The maximum absolute atomic E-state index is 12.7. The van der Waals surface area contributed by atoms with Gasteiger partial charge in [-0.3, -0.25) is 9.69 Å². The van der Waals surface area contributed by atoms with E-state index in [-0.39, 0.29) is 12.0 Å². The molecule has 0 N–H and O–H groups in total. The molecule has 1 heterocycles. The third-order valence-corrected chi connectivity index (χ3v) is 5.57. The van der Waals surface area contributed by atoms with Crippen molar-refractivity contribution in [3.8, 4) is 11.8 Å². The smallest absolute Gasteiger partial charge is 0.225 e. The normalized spacial score (nSPS) is 20.4. The van der Waals surface area contributed by atoms with Crippen molar-refractivity contribution in [2.24, 2.45) is 5.92 Å². The summed E-state index contributed by atoms with van der Waals surface area (Å²) >= 11 is 0. The first-order chi connectivity index (χ1) is 12.7. The zero-order valence-corrected chi connectivity index (χ0v) is 15.7. The van der Waals surface area contributed by atoms with Crippen molar-refractivity contribution >= 4 is 5.91 Å². The van der Waals surface area contributed by atoms with E-state index in [9.17, 15) is 10.1 Å². The standard InChI is InChI=1S/C21H29N3O2/c1-2-26-19-10-8-17(9-11-19)20(16-22)23-12-14-24(15-13-23)21(25)18-6-4-3-5-7-18/h8-11,18,20H,2-7,12-15H2,1H3. The van der Waals surface area contributed by atoms with Gasteiger partial charge in [-0.05, 0) is 37.5 Å². The van der Waals surface area contributed by atoms with Crippen molar-refractivity contribution < 1.29 is 9.53 Å². The van der Waals surface area contributed by atoms with E-state index < -0.39 is 0 Å². The van der Waals surface area contributed by atoms with Crippen LogP contribution < -0.4 is 4.74 Å². The van der Waals surface area contributed by atoms with Gasteiger partial charge in [0.05, 0.1) is 12.7 Å². The van der Waals surface area contributed by atoms with Crippen molar-refractivity contribution in [2.75, 3.05) is 32.8 Å². The van der Waals surface area contributed by atoms with E-state index in [4.69, 9.17) is 4.74 Å². The molecule has 2 fully saturated rings. The minimum Gasteiger partial charge on any atom is -0.494 e. The van der Waals surface area contributed by atoms with E-state index >= 15 is 0 Å². The highest BCUT2D eigenvalue weighted by molar-refractivity contribution is 5.79. The van der Waals surface area contributed by atoms with Crippen molar-refractivity contribution in [3.63, 3.8) is 0 Å². The molecule has 5 nitrogen and oxygen atoms in total. The van der Waals surface area contributed by atoms with Crippen LogP contribution in [0.25, 0.3) is 0 Å². The summed E-state index contributed by atoms with van der Waals surface area (Å²) in [5, 5.41) is 9.68. The number of hydrogen-bond donors (Lipinski definition) is 0. The van der Waals surface area contributed by atoms with Gasteiger partial charge in [0.2, 0.25) is 5.91 Å². The predicted molar refractivity (Wildman–Crippen MR) is 101 cm³/mol. The van der Waals surface area contributed by atoms with Crippen LogP contribution in [0.4, 0.5) is 0 Å². The van der Waals surface area contributed by atoms with Crippen molar-refractivity contribution in [1.29, 1.82) is 5.26 Å². The molecule has 1 aliphatic carbocycles. The summed E-state index contributed by atoms with van der Waals surface area (Å²) in [7, 11) is 0. The largest absolute Gasteiger partial charge is 0.494 e. The maximum atomic E-state index is 12.7. The Hall–Kier alpha value is -2.06. The summed E-state index contributed by atoms with van der Waals surface area (Å²) in [6, 6.07) is 9.95. The molecule has 1 aromatic carbocycles. The average Bonchev–Trinajstić information content (AvgIpc) is 2.71. The number of carbonyl (C=O) groups is 1. The van der Waals surface area contributed by atoms with Gasteiger partial charge in [0.15, 0.2) is 0 Å². The third kappa shape index (κ3) is 4.37. The van der Waals surface area contributed by atoms with E-state index in [1.54, 1.807) is 0 Å². The van der Waals surface area contributed by atoms with Gasteiger partial charge < -0.3 is 9.64 Å². The third-order valence-electron chi connectivity index (χ3n) is 5.57. The Morgan fingerprint density at radius 3 is 2.38 bits per heavy atom. The number of carbonyl (C=O) groups excluding carboxylic acids is 1. The molecule has 0 spiro atoms. The Balaban J connectivity index is 1.57. The lowest BCUT2D eigenvalue weighted by Gasteiger charge is -2.38. The number of nitriles is 1. The zero-order valence-electron chi connectivity index (χ0n) is 15.7. The van der Waals surface area contributed by atoms with Gasteiger partial charge >= 0.3 is 0 Å². The molecular formula is C21H29N3O2. The van der Waals surface area contributed by atoms with Gasteiger partial charge in [0, 0.05) is 32.1 Å². The molecule has 1 atom stereocenters. The fourth-order valence-corrected chi connectivity index (χ4v) is 4.09. The Bertz CT molecular complexity index is 624. The van der Waals surface area contributed by atoms with Gasteiger partial charge in [-0.25, -0.2) is 0 Å². The monoisotopic (exact) mass is 355 g/mol. The van der Waals surface area contributed by atoms with Gasteiger partial charge in [0.1, 0.15) is 11.8 Å². The molecule has 1 aliphatic heterocycles. The second-order valence-corrected chi connectivity index (χ2v) is 7.23. The van der Waals surface area contributed by atoms with Crippen LogP contribution >= 0.6 is 0 Å². The van der Waals surface area contributed by atoms with Crippen molar-refractivity contribution in [1.82, 2.24) is 9.80 Å². The summed E-state index contributed by atoms with van der Waals surface area (Å²) in [6.07, 6.45) is 5.73. The first kappa shape index (κ1) is 18.7. The summed E-state index contributed by atoms with van der Waals surface area (Å²) in [6.45, 7) is 5.56. The predicted octanol–water partition coefficient (Wildman–Crippen LogP) is 3.37. The van der Waals surface area contributed by atoms with Crippen molar-refractivity contribution in [2.45, 2.75) is 45.1 Å². The number of rotatable bonds is 5. The highest BCUT2D eigenvalue weighted by Crippen LogP contribution is 2.27. The molecule has 5 heteroatoms. The van der Waals surface area contributed by atoms with E-state index in [2.05, 4.69) is 11.0 Å². The summed E-state index contributed by atoms with van der Waals surface area (Å²) in [5.74, 6) is 1.39. The maximum Gasteiger partial charge on any atom is 0.225 e. The highest BCUT2D eigenvalue weighted by Gasteiger charge is 2.30. The van der Waals surface area contributed by atoms with Crippen LogP contribution in [0.3, 0.4) is 0 Å². The van der Waals surface area contributed by atoms with Crippen LogP contribution in [0.1, 0.15) is 50.6 Å². The fraction of sp³-hybridized carbons (Fsp3) is 0.619. The van der Waals surface area contributed by atoms with E-state index in [1.807, 2.05) is 36.1 Å². The van der Waals surface area contributed by atoms with Crippen LogP contribution in [0.2, 0.25) is 0 Å². The molecule has 2 aliphatic rings. The molecule has 3 rings (SSSR count). The average molecular weight is 355 g/mol. The van der Waals surface area contributed by atoms with Gasteiger partial charge in [-0.1, -0.05) is 31.4 Å². The molecule has 26 heavy (non-hydrogen) atoms. The molecule has 1 saturated heterocycles. The Morgan fingerprint density at radius 1 is 1.15 bits per heavy atom. The molecule has 1 saturated carbocycles. The highest BCUT2D eigenvalue weighted by atomic mass is 16.5. The second-order valence-electron chi connectivity index (χ2n) is 7.23. The minimum absolute atomic E-state index is 0.230. The van der Waals surface area contributed by atoms with Crippen LogP contribution in [-0.2, 0) is 4.79 Å². The number of nitrogens with zero attached hydrogens (tertiary/aromatic N) is 3. The zero-order chi connectivity index (χ0) is 18.4. The van der Waals surface area contributed by atoms with E-state index in [0.717, 1.165) is 50.3 Å². The number of amides is 1. The van der Waals surface area contributed by atoms with E-state index in [1.165, 1.54) is 19.3 Å². The molecule has 0 bridgehead atoms. The van der Waals surface area contributed by atoms with E-state index in [0.29, 0.717) is 12.5 Å². The number of piperazine rings is 1. The molecule has 0 aromatic heterocycles. The van der Waals surface area contributed by atoms with Crippen LogP contribution in [-0.4, -0.2) is 48.5 Å². The lowest BCUT2D eigenvalue weighted by molar-refractivity contribution is -0.138. The number of benzene rings is 1. The number of hydrogen-bond acceptors (Lipinski definition) is 4. The van der Waals surface area contributed by atoms with Crippen LogP contribution in [0.5, 0.6) is 5.75 Å². The Labute approximate surface area is 156 Å².